The number of carbonyl (C=O) groups excluding carboxylic acids is 1. The molecule has 0 radical (unpaired) electrons. The maximum Gasteiger partial charge on any atom is 0.247 e. The number of para-hydroxylation sites is 1. The van der Waals surface area contributed by atoms with Crippen LogP contribution < -0.4 is 9.62 Å². The average Bonchev–Trinajstić information content (AvgIpc) is 2.50. The number of rotatable bonds is 5. The first-order valence-corrected chi connectivity index (χ1v) is 9.61. The monoisotopic (exact) mass is 386 g/mol. The molecule has 1 unspecified atom stereocenters. The molecule has 0 aromatic heterocycles. The Labute approximate surface area is 151 Å². The summed E-state index contributed by atoms with van der Waals surface area (Å²) in [7, 11) is -3.76. The van der Waals surface area contributed by atoms with Gasteiger partial charge in [0.05, 0.1) is 17.0 Å². The molecule has 24 heavy (non-hydrogen) atoms. The fraction of sp³-hybridized carbons (Fsp3) is 0.188. The molecule has 0 heterocycles. The number of nitrogens with one attached hydrogen (secondary N) is 1. The lowest BCUT2D eigenvalue weighted by Crippen LogP contribution is -2.45. The number of sulfonamides is 1. The molecule has 0 aliphatic carbocycles. The first-order chi connectivity index (χ1) is 11.2. The SMILES string of the molecule is CC(C(=O)Nc1ccccc1)N(c1cc(Cl)ccc1Cl)S(C)(=O)=O. The van der Waals surface area contributed by atoms with E-state index in [1.54, 1.807) is 30.3 Å². The molecule has 2 aromatic carbocycles. The van der Waals surface area contributed by atoms with Gasteiger partial charge < -0.3 is 5.32 Å². The summed E-state index contributed by atoms with van der Waals surface area (Å²) in [5, 5.41) is 3.18. The largest absolute Gasteiger partial charge is 0.324 e. The fourth-order valence-corrected chi connectivity index (χ4v) is 3.81. The Kier molecular flexibility index (Phi) is 5.74. The topological polar surface area (TPSA) is 66.5 Å². The van der Waals surface area contributed by atoms with E-state index in [0.717, 1.165) is 10.6 Å². The normalized spacial score (nSPS) is 12.5. The lowest BCUT2D eigenvalue weighted by molar-refractivity contribution is -0.116. The van der Waals surface area contributed by atoms with Crippen molar-refractivity contribution in [1.29, 1.82) is 0 Å². The minimum absolute atomic E-state index is 0.155. The second-order valence-electron chi connectivity index (χ2n) is 5.19. The number of hydrogen-bond donors (Lipinski definition) is 1. The molecule has 2 rings (SSSR count). The second-order valence-corrected chi connectivity index (χ2v) is 7.89. The Balaban J connectivity index is 2.38. The van der Waals surface area contributed by atoms with Crippen molar-refractivity contribution in [2.75, 3.05) is 15.9 Å². The van der Waals surface area contributed by atoms with Gasteiger partial charge in [0.1, 0.15) is 6.04 Å². The lowest BCUT2D eigenvalue weighted by atomic mass is 10.2. The van der Waals surface area contributed by atoms with Gasteiger partial charge in [0.15, 0.2) is 0 Å². The number of carbonyl (C=O) groups is 1. The van der Waals surface area contributed by atoms with Gasteiger partial charge in [-0.3, -0.25) is 9.10 Å². The maximum atomic E-state index is 12.5. The molecule has 0 fully saturated rings. The van der Waals surface area contributed by atoms with E-state index in [1.165, 1.54) is 19.1 Å². The summed E-state index contributed by atoms with van der Waals surface area (Å²) in [6.45, 7) is 1.48. The molecule has 0 saturated heterocycles. The van der Waals surface area contributed by atoms with Crippen molar-refractivity contribution in [3.63, 3.8) is 0 Å². The summed E-state index contributed by atoms with van der Waals surface area (Å²) >= 11 is 12.1. The molecule has 8 heteroatoms. The minimum atomic E-state index is -3.76. The van der Waals surface area contributed by atoms with Gasteiger partial charge >= 0.3 is 0 Å². The Hall–Kier alpha value is -1.76. The first kappa shape index (κ1) is 18.6. The molecular formula is C16H16Cl2N2O3S. The third kappa shape index (κ3) is 4.41. The summed E-state index contributed by atoms with van der Waals surface area (Å²) in [5.41, 5.74) is 0.724. The van der Waals surface area contributed by atoms with E-state index in [2.05, 4.69) is 5.32 Å². The standard InChI is InChI=1S/C16H16Cl2N2O3S/c1-11(16(21)19-13-6-4-3-5-7-13)20(24(2,22)23)15-10-12(17)8-9-14(15)18/h3-11H,1-2H3,(H,19,21). The van der Waals surface area contributed by atoms with E-state index in [0.29, 0.717) is 10.7 Å². The third-order valence-electron chi connectivity index (χ3n) is 3.28. The molecule has 1 atom stereocenters. The van der Waals surface area contributed by atoms with Crippen molar-refractivity contribution >= 4 is 50.5 Å². The van der Waals surface area contributed by atoms with E-state index < -0.39 is 22.0 Å². The number of nitrogens with zero attached hydrogens (tertiary/aromatic N) is 1. The number of anilines is 2. The predicted molar refractivity (Wildman–Crippen MR) is 98.3 cm³/mol. The van der Waals surface area contributed by atoms with Crippen molar-refractivity contribution in [3.8, 4) is 0 Å². The van der Waals surface area contributed by atoms with E-state index in [-0.39, 0.29) is 10.7 Å². The van der Waals surface area contributed by atoms with Crippen LogP contribution >= 0.6 is 23.2 Å². The Morgan fingerprint density at radius 1 is 1.12 bits per heavy atom. The van der Waals surface area contributed by atoms with Crippen LogP contribution in [-0.2, 0) is 14.8 Å². The van der Waals surface area contributed by atoms with Crippen LogP contribution in [0, 0.1) is 0 Å². The predicted octanol–water partition coefficient (Wildman–Crippen LogP) is 3.79. The van der Waals surface area contributed by atoms with E-state index in [1.807, 2.05) is 6.07 Å². The van der Waals surface area contributed by atoms with Gasteiger partial charge in [0.25, 0.3) is 0 Å². The van der Waals surface area contributed by atoms with E-state index >= 15 is 0 Å². The molecule has 1 amide bonds. The zero-order valence-corrected chi connectivity index (χ0v) is 15.4. The van der Waals surface area contributed by atoms with Crippen LogP contribution in [0.2, 0.25) is 10.0 Å². The van der Waals surface area contributed by atoms with E-state index in [9.17, 15) is 13.2 Å². The highest BCUT2D eigenvalue weighted by Crippen LogP contribution is 2.32. The lowest BCUT2D eigenvalue weighted by Gasteiger charge is -2.29. The second kappa shape index (κ2) is 7.42. The van der Waals surface area contributed by atoms with E-state index in [4.69, 9.17) is 23.2 Å². The van der Waals surface area contributed by atoms with Crippen molar-refractivity contribution in [3.05, 3.63) is 58.6 Å². The van der Waals surface area contributed by atoms with Crippen LogP contribution in [-0.4, -0.2) is 26.6 Å². The molecule has 0 bridgehead atoms. The van der Waals surface area contributed by atoms with Gasteiger partial charge in [-0.05, 0) is 37.3 Å². The van der Waals surface area contributed by atoms with Crippen LogP contribution in [0.15, 0.2) is 48.5 Å². The van der Waals surface area contributed by atoms with Crippen molar-refractivity contribution in [1.82, 2.24) is 0 Å². The summed E-state index contributed by atoms with van der Waals surface area (Å²) < 4.78 is 25.4. The third-order valence-corrected chi connectivity index (χ3v) is 5.06. The van der Waals surface area contributed by atoms with Crippen LogP contribution in [0.1, 0.15) is 6.92 Å². The highest BCUT2D eigenvalue weighted by atomic mass is 35.5. The summed E-state index contributed by atoms with van der Waals surface area (Å²) in [5.74, 6) is -0.484. The quantitative estimate of drug-likeness (QED) is 0.849. The fourth-order valence-electron chi connectivity index (χ4n) is 2.20. The van der Waals surface area contributed by atoms with Gasteiger partial charge in [0, 0.05) is 10.7 Å². The van der Waals surface area contributed by atoms with Gasteiger partial charge in [0.2, 0.25) is 15.9 Å². The van der Waals surface area contributed by atoms with Gasteiger partial charge in [-0.15, -0.1) is 0 Å². The van der Waals surface area contributed by atoms with Crippen LogP contribution in [0.3, 0.4) is 0 Å². The summed E-state index contributed by atoms with van der Waals surface area (Å²) in [6, 6.07) is 12.2. The molecule has 0 aliphatic rings. The van der Waals surface area contributed by atoms with Gasteiger partial charge in [-0.2, -0.15) is 0 Å². The Bertz CT molecular complexity index is 842. The van der Waals surface area contributed by atoms with Crippen molar-refractivity contribution in [2.24, 2.45) is 0 Å². The highest BCUT2D eigenvalue weighted by molar-refractivity contribution is 7.92. The maximum absolute atomic E-state index is 12.5. The van der Waals surface area contributed by atoms with Crippen LogP contribution in [0.25, 0.3) is 0 Å². The Morgan fingerprint density at radius 2 is 1.75 bits per heavy atom. The van der Waals surface area contributed by atoms with Gasteiger partial charge in [-0.1, -0.05) is 41.4 Å². The zero-order chi connectivity index (χ0) is 17.9. The first-order valence-electron chi connectivity index (χ1n) is 7.00. The molecule has 0 saturated carbocycles. The van der Waals surface area contributed by atoms with Crippen molar-refractivity contribution in [2.45, 2.75) is 13.0 Å². The molecule has 1 N–H and O–H groups in total. The average molecular weight is 387 g/mol. The Morgan fingerprint density at radius 3 is 2.33 bits per heavy atom. The molecule has 5 nitrogen and oxygen atoms in total. The molecular weight excluding hydrogens is 371 g/mol. The zero-order valence-electron chi connectivity index (χ0n) is 13.0. The number of hydrogen-bond acceptors (Lipinski definition) is 3. The number of benzene rings is 2. The molecule has 2 aromatic rings. The molecule has 0 spiro atoms. The number of halogens is 2. The molecule has 0 aliphatic heterocycles. The number of amides is 1. The molecule has 128 valence electrons. The minimum Gasteiger partial charge on any atom is -0.324 e. The van der Waals surface area contributed by atoms with Gasteiger partial charge in [-0.25, -0.2) is 8.42 Å². The summed E-state index contributed by atoms with van der Waals surface area (Å²) in [6.07, 6.45) is 1.01. The summed E-state index contributed by atoms with van der Waals surface area (Å²) in [4.78, 5) is 12.5. The smallest absolute Gasteiger partial charge is 0.247 e. The van der Waals surface area contributed by atoms with Crippen molar-refractivity contribution < 1.29 is 13.2 Å². The highest BCUT2D eigenvalue weighted by Gasteiger charge is 2.30. The van der Waals surface area contributed by atoms with Crippen LogP contribution in [0.5, 0.6) is 0 Å². The van der Waals surface area contributed by atoms with Crippen LogP contribution in [0.4, 0.5) is 11.4 Å².